The van der Waals surface area contributed by atoms with Gasteiger partial charge in [0.15, 0.2) is 5.78 Å². The Bertz CT molecular complexity index is 684. The smallest absolute Gasteiger partial charge is 0.335 e. The SMILES string of the molecule is N/C=C\C(=C/N)C(=O)CS/C(=N/N)N(N)c1ccc(C(=O)O)cc1. The Balaban J connectivity index is 2.79. The zero-order chi connectivity index (χ0) is 18.1. The number of carbonyl (C=O) groups excluding carboxylic acids is 1. The molecular formula is C14H18N6O3S. The molecule has 0 aliphatic rings. The van der Waals surface area contributed by atoms with E-state index in [0.717, 1.165) is 23.0 Å². The minimum absolute atomic E-state index is 0.00961. The van der Waals surface area contributed by atoms with Crippen molar-refractivity contribution in [1.29, 1.82) is 0 Å². The summed E-state index contributed by atoms with van der Waals surface area (Å²) >= 11 is 1.00. The lowest BCUT2D eigenvalue weighted by Gasteiger charge is -2.19. The number of Topliss-reactive ketones (excluding diaryl/α,β-unsaturated/α-hetero) is 1. The van der Waals surface area contributed by atoms with Gasteiger partial charge in [-0.25, -0.2) is 10.6 Å². The average Bonchev–Trinajstić information content (AvgIpc) is 2.59. The molecular weight excluding hydrogens is 332 g/mol. The van der Waals surface area contributed by atoms with E-state index in [9.17, 15) is 9.59 Å². The van der Waals surface area contributed by atoms with E-state index in [1.807, 2.05) is 0 Å². The summed E-state index contributed by atoms with van der Waals surface area (Å²) < 4.78 is 0. The van der Waals surface area contributed by atoms with E-state index in [4.69, 9.17) is 28.3 Å². The molecule has 0 saturated heterocycles. The number of hydrogen-bond acceptors (Lipinski definition) is 8. The predicted molar refractivity (Wildman–Crippen MR) is 94.8 cm³/mol. The molecule has 0 aliphatic heterocycles. The molecule has 0 fully saturated rings. The summed E-state index contributed by atoms with van der Waals surface area (Å²) in [5, 5.41) is 13.7. The third kappa shape index (κ3) is 5.04. The van der Waals surface area contributed by atoms with Crippen molar-refractivity contribution in [3.05, 3.63) is 53.9 Å². The minimum atomic E-state index is -1.05. The van der Waals surface area contributed by atoms with Crippen molar-refractivity contribution in [3.63, 3.8) is 0 Å². The molecule has 9 nitrogen and oxygen atoms in total. The monoisotopic (exact) mass is 350 g/mol. The summed E-state index contributed by atoms with van der Waals surface area (Å²) in [4.78, 5) is 22.8. The van der Waals surface area contributed by atoms with Crippen LogP contribution in [-0.4, -0.2) is 27.8 Å². The predicted octanol–water partition coefficient (Wildman–Crippen LogP) is -0.0881. The molecule has 1 aromatic rings. The van der Waals surface area contributed by atoms with Crippen molar-refractivity contribution in [2.75, 3.05) is 10.8 Å². The van der Waals surface area contributed by atoms with Crippen LogP contribution in [0.4, 0.5) is 5.69 Å². The van der Waals surface area contributed by atoms with Gasteiger partial charge in [-0.05, 0) is 36.5 Å². The number of thioether (sulfide) groups is 1. The maximum absolute atomic E-state index is 12.0. The van der Waals surface area contributed by atoms with Crippen molar-refractivity contribution in [1.82, 2.24) is 0 Å². The number of amidine groups is 1. The minimum Gasteiger partial charge on any atom is -0.478 e. The number of hydrazine groups is 1. The highest BCUT2D eigenvalue weighted by molar-refractivity contribution is 8.14. The van der Waals surface area contributed by atoms with Crippen LogP contribution in [0.25, 0.3) is 0 Å². The topological polar surface area (TPSA) is 174 Å². The number of carboxylic acid groups (broad SMARTS) is 1. The van der Waals surface area contributed by atoms with Gasteiger partial charge in [0.25, 0.3) is 0 Å². The Morgan fingerprint density at radius 3 is 2.33 bits per heavy atom. The number of nitrogens with two attached hydrogens (primary N) is 4. The zero-order valence-electron chi connectivity index (χ0n) is 12.6. The first kappa shape index (κ1) is 19.1. The Hall–Kier alpha value is -2.98. The second-order valence-electron chi connectivity index (χ2n) is 4.33. The van der Waals surface area contributed by atoms with Crippen molar-refractivity contribution >= 4 is 34.4 Å². The summed E-state index contributed by atoms with van der Waals surface area (Å²) in [5.41, 5.74) is 11.4. The van der Waals surface area contributed by atoms with Crippen molar-refractivity contribution in [3.8, 4) is 0 Å². The Kier molecular flexibility index (Phi) is 7.33. The molecule has 0 aliphatic carbocycles. The molecule has 0 spiro atoms. The van der Waals surface area contributed by atoms with E-state index in [-0.39, 0.29) is 27.8 Å². The highest BCUT2D eigenvalue weighted by Gasteiger charge is 2.15. The number of aromatic carboxylic acids is 1. The van der Waals surface area contributed by atoms with Gasteiger partial charge in [0.2, 0.25) is 5.17 Å². The quantitative estimate of drug-likeness (QED) is 0.117. The molecule has 0 saturated carbocycles. The average molecular weight is 350 g/mol. The third-order valence-corrected chi connectivity index (χ3v) is 3.79. The molecule has 0 radical (unpaired) electrons. The largest absolute Gasteiger partial charge is 0.478 e. The summed E-state index contributed by atoms with van der Waals surface area (Å²) in [6.07, 6.45) is 3.74. The number of anilines is 1. The fourth-order valence-electron chi connectivity index (χ4n) is 1.60. The van der Waals surface area contributed by atoms with Crippen LogP contribution >= 0.6 is 11.8 Å². The first-order valence-corrected chi connectivity index (χ1v) is 7.55. The van der Waals surface area contributed by atoms with Gasteiger partial charge in [-0.2, -0.15) is 5.10 Å². The Labute approximate surface area is 142 Å². The molecule has 0 atom stereocenters. The van der Waals surface area contributed by atoms with Gasteiger partial charge >= 0.3 is 5.97 Å². The molecule has 10 heteroatoms. The van der Waals surface area contributed by atoms with E-state index in [2.05, 4.69) is 5.10 Å². The van der Waals surface area contributed by atoms with Gasteiger partial charge in [0.05, 0.1) is 17.0 Å². The molecule has 0 bridgehead atoms. The van der Waals surface area contributed by atoms with Gasteiger partial charge < -0.3 is 22.4 Å². The lowest BCUT2D eigenvalue weighted by atomic mass is 10.2. The van der Waals surface area contributed by atoms with Crippen LogP contribution in [-0.2, 0) is 4.79 Å². The summed E-state index contributed by atoms with van der Waals surface area (Å²) in [6, 6.07) is 5.78. The number of carbonyl (C=O) groups is 2. The van der Waals surface area contributed by atoms with Crippen LogP contribution in [0, 0.1) is 0 Å². The molecule has 0 amide bonds. The first-order valence-electron chi connectivity index (χ1n) is 6.56. The van der Waals surface area contributed by atoms with E-state index < -0.39 is 5.97 Å². The maximum Gasteiger partial charge on any atom is 0.335 e. The van der Waals surface area contributed by atoms with Gasteiger partial charge in [-0.3, -0.25) is 9.80 Å². The zero-order valence-corrected chi connectivity index (χ0v) is 13.4. The van der Waals surface area contributed by atoms with Gasteiger partial charge in [-0.1, -0.05) is 11.8 Å². The van der Waals surface area contributed by atoms with Gasteiger partial charge in [0, 0.05) is 11.8 Å². The number of hydrazone groups is 1. The summed E-state index contributed by atoms with van der Waals surface area (Å²) in [6.45, 7) is 0. The standard InChI is InChI=1S/C14H18N6O3S/c15-6-5-10(7-16)12(21)8-24-14(19-17)20(18)11-3-1-9(2-4-11)13(22)23/h1-7H,8,15-18H2,(H,22,23)/b6-5-,10-7+,19-14+. The van der Waals surface area contributed by atoms with Crippen molar-refractivity contribution in [2.24, 2.45) is 28.3 Å². The normalized spacial score (nSPS) is 12.4. The van der Waals surface area contributed by atoms with Crippen LogP contribution < -0.4 is 28.2 Å². The number of hydrogen-bond donors (Lipinski definition) is 5. The van der Waals surface area contributed by atoms with Crippen LogP contribution in [0.5, 0.6) is 0 Å². The summed E-state index contributed by atoms with van der Waals surface area (Å²) in [7, 11) is 0. The highest BCUT2D eigenvalue weighted by Crippen LogP contribution is 2.18. The lowest BCUT2D eigenvalue weighted by Crippen LogP contribution is -2.37. The van der Waals surface area contributed by atoms with E-state index >= 15 is 0 Å². The molecule has 24 heavy (non-hydrogen) atoms. The van der Waals surface area contributed by atoms with E-state index in [0.29, 0.717) is 5.69 Å². The van der Waals surface area contributed by atoms with Crippen molar-refractivity contribution in [2.45, 2.75) is 0 Å². The Morgan fingerprint density at radius 2 is 1.88 bits per heavy atom. The summed E-state index contributed by atoms with van der Waals surface area (Å²) in [5.74, 6) is 9.87. The van der Waals surface area contributed by atoms with Crippen LogP contribution in [0.3, 0.4) is 0 Å². The molecule has 0 unspecified atom stereocenters. The lowest BCUT2D eigenvalue weighted by molar-refractivity contribution is -0.112. The second kappa shape index (κ2) is 9.22. The first-order chi connectivity index (χ1) is 11.4. The number of nitrogens with zero attached hydrogens (tertiary/aromatic N) is 2. The van der Waals surface area contributed by atoms with Crippen LogP contribution in [0.1, 0.15) is 10.4 Å². The number of allylic oxidation sites excluding steroid dienone is 2. The maximum atomic E-state index is 12.0. The van der Waals surface area contributed by atoms with Gasteiger partial charge in [0.1, 0.15) is 0 Å². The fraction of sp³-hybridized carbons (Fsp3) is 0.0714. The number of ketones is 1. The van der Waals surface area contributed by atoms with Crippen LogP contribution in [0.2, 0.25) is 0 Å². The number of carboxylic acids is 1. The van der Waals surface area contributed by atoms with Crippen molar-refractivity contribution < 1.29 is 14.7 Å². The van der Waals surface area contributed by atoms with E-state index in [1.54, 1.807) is 0 Å². The molecule has 9 N–H and O–H groups in total. The Morgan fingerprint density at radius 1 is 1.25 bits per heavy atom. The number of benzene rings is 1. The van der Waals surface area contributed by atoms with E-state index in [1.165, 1.54) is 36.5 Å². The molecule has 1 aromatic carbocycles. The fourth-order valence-corrected chi connectivity index (χ4v) is 2.35. The molecule has 1 rings (SSSR count). The van der Waals surface area contributed by atoms with Crippen LogP contribution in [0.15, 0.2) is 53.4 Å². The molecule has 128 valence electrons. The second-order valence-corrected chi connectivity index (χ2v) is 5.27. The molecule has 0 aromatic heterocycles. The number of rotatable bonds is 6. The highest BCUT2D eigenvalue weighted by atomic mass is 32.2. The molecule has 0 heterocycles. The third-order valence-electron chi connectivity index (χ3n) is 2.82. The van der Waals surface area contributed by atoms with Gasteiger partial charge in [-0.15, -0.1) is 0 Å².